The van der Waals surface area contributed by atoms with Crippen LogP contribution in [0.1, 0.15) is 18.4 Å². The molecule has 0 saturated carbocycles. The maximum absolute atomic E-state index is 12.6. The lowest BCUT2D eigenvalue weighted by Crippen LogP contribution is -2.52. The van der Waals surface area contributed by atoms with E-state index in [9.17, 15) is 22.8 Å². The van der Waals surface area contributed by atoms with Gasteiger partial charge in [-0.15, -0.1) is 0 Å². The molecule has 10 heteroatoms. The van der Waals surface area contributed by atoms with Crippen LogP contribution in [0.5, 0.6) is 5.75 Å². The number of amides is 4. The molecule has 0 bridgehead atoms. The number of sulfone groups is 1. The molecule has 0 aliphatic carbocycles. The molecule has 2 heterocycles. The molecule has 1 aromatic carbocycles. The highest BCUT2D eigenvalue weighted by atomic mass is 32.2. The zero-order valence-corrected chi connectivity index (χ0v) is 15.7. The summed E-state index contributed by atoms with van der Waals surface area (Å²) in [4.78, 5) is 37.8. The molecule has 2 aliphatic rings. The second-order valence-electron chi connectivity index (χ2n) is 6.68. The highest BCUT2D eigenvalue weighted by Gasteiger charge is 2.53. The van der Waals surface area contributed by atoms with Crippen LogP contribution in [0, 0.1) is 0 Å². The number of nitrogens with zero attached hydrogens (tertiary/aromatic N) is 1. The van der Waals surface area contributed by atoms with Gasteiger partial charge in [-0.3, -0.25) is 14.5 Å². The summed E-state index contributed by atoms with van der Waals surface area (Å²) in [7, 11) is -1.64. The Bertz CT molecular complexity index is 868. The molecule has 2 saturated heterocycles. The summed E-state index contributed by atoms with van der Waals surface area (Å²) in [6.45, 7) is -0.188. The number of nitrogens with one attached hydrogen (secondary N) is 2. The van der Waals surface area contributed by atoms with Crippen molar-refractivity contribution in [3.05, 3.63) is 29.8 Å². The Kier molecular flexibility index (Phi) is 5.09. The van der Waals surface area contributed by atoms with Gasteiger partial charge >= 0.3 is 6.03 Å². The topological polar surface area (TPSA) is 122 Å². The van der Waals surface area contributed by atoms with Gasteiger partial charge in [0.1, 0.15) is 17.8 Å². The summed E-state index contributed by atoms with van der Waals surface area (Å²) < 4.78 is 28.3. The van der Waals surface area contributed by atoms with E-state index in [0.717, 1.165) is 10.5 Å². The Labute approximate surface area is 157 Å². The van der Waals surface area contributed by atoms with Crippen molar-refractivity contribution in [3.63, 3.8) is 0 Å². The number of hydrogen-bond acceptors (Lipinski definition) is 6. The maximum Gasteiger partial charge on any atom is 0.325 e. The minimum atomic E-state index is -3.18. The van der Waals surface area contributed by atoms with Crippen LogP contribution in [0.3, 0.4) is 0 Å². The zero-order valence-electron chi connectivity index (χ0n) is 14.9. The SMILES string of the molecule is COc1cccc(CNC(=O)CN2C(=O)NC3(CCS(=O)(=O)CC3)C2=O)c1. The molecule has 146 valence electrons. The molecule has 4 amide bonds. The Morgan fingerprint density at radius 3 is 2.67 bits per heavy atom. The Balaban J connectivity index is 1.59. The number of rotatable bonds is 5. The molecule has 1 aromatic rings. The number of benzene rings is 1. The molecular weight excluding hydrogens is 374 g/mol. The first-order valence-corrected chi connectivity index (χ1v) is 10.3. The summed E-state index contributed by atoms with van der Waals surface area (Å²) in [5, 5.41) is 5.24. The summed E-state index contributed by atoms with van der Waals surface area (Å²) in [5.74, 6) is -0.685. The van der Waals surface area contributed by atoms with Gasteiger partial charge in [0.2, 0.25) is 5.91 Å². The lowest BCUT2D eigenvalue weighted by Gasteiger charge is -2.30. The summed E-state index contributed by atoms with van der Waals surface area (Å²) in [6, 6.07) is 6.48. The highest BCUT2D eigenvalue weighted by molar-refractivity contribution is 7.91. The van der Waals surface area contributed by atoms with Crippen LogP contribution in [0.15, 0.2) is 24.3 Å². The van der Waals surface area contributed by atoms with Gasteiger partial charge in [-0.1, -0.05) is 12.1 Å². The molecule has 3 rings (SSSR count). The fraction of sp³-hybridized carbons (Fsp3) is 0.471. The first-order valence-electron chi connectivity index (χ1n) is 8.49. The number of carbonyl (C=O) groups is 3. The van der Waals surface area contributed by atoms with E-state index in [4.69, 9.17) is 4.74 Å². The molecule has 2 fully saturated rings. The monoisotopic (exact) mass is 395 g/mol. The van der Waals surface area contributed by atoms with E-state index >= 15 is 0 Å². The maximum atomic E-state index is 12.6. The van der Waals surface area contributed by atoms with Crippen molar-refractivity contribution in [2.24, 2.45) is 0 Å². The van der Waals surface area contributed by atoms with Gasteiger partial charge in [0.15, 0.2) is 9.84 Å². The summed E-state index contributed by atoms with van der Waals surface area (Å²) in [6.07, 6.45) is 0.0592. The molecule has 0 atom stereocenters. The molecule has 0 radical (unpaired) electrons. The van der Waals surface area contributed by atoms with Crippen LogP contribution in [0.2, 0.25) is 0 Å². The molecule has 27 heavy (non-hydrogen) atoms. The number of carbonyl (C=O) groups excluding carboxylic acids is 3. The number of hydrogen-bond donors (Lipinski definition) is 2. The van der Waals surface area contributed by atoms with Crippen molar-refractivity contribution < 1.29 is 27.5 Å². The molecule has 2 aliphatic heterocycles. The fourth-order valence-corrected chi connectivity index (χ4v) is 4.75. The Morgan fingerprint density at radius 1 is 1.30 bits per heavy atom. The van der Waals surface area contributed by atoms with Crippen molar-refractivity contribution in [1.82, 2.24) is 15.5 Å². The summed E-state index contributed by atoms with van der Waals surface area (Å²) in [5.41, 5.74) is -0.399. The average Bonchev–Trinajstić information content (AvgIpc) is 2.87. The first-order chi connectivity index (χ1) is 12.7. The van der Waals surface area contributed by atoms with E-state index in [0.29, 0.717) is 5.75 Å². The standard InChI is InChI=1S/C17H21N3O6S/c1-26-13-4-2-3-12(9-13)10-18-14(21)11-20-15(22)17(19-16(20)23)5-7-27(24,25)8-6-17/h2-4,9H,5-8,10-11H2,1H3,(H,18,21)(H,19,23). The van der Waals surface area contributed by atoms with Crippen LogP contribution in [0.4, 0.5) is 4.79 Å². The van der Waals surface area contributed by atoms with Crippen molar-refractivity contribution >= 4 is 27.7 Å². The molecule has 1 spiro atoms. The number of imide groups is 1. The second kappa shape index (κ2) is 7.18. The van der Waals surface area contributed by atoms with Gasteiger partial charge in [0.25, 0.3) is 5.91 Å². The zero-order chi connectivity index (χ0) is 19.7. The molecule has 0 unspecified atom stereocenters. The first kappa shape index (κ1) is 19.2. The van der Waals surface area contributed by atoms with Gasteiger partial charge < -0.3 is 15.4 Å². The van der Waals surface area contributed by atoms with Crippen molar-refractivity contribution in [1.29, 1.82) is 0 Å². The van der Waals surface area contributed by atoms with Gasteiger partial charge in [-0.2, -0.15) is 0 Å². The van der Waals surface area contributed by atoms with Gasteiger partial charge in [-0.05, 0) is 30.5 Å². The predicted octanol–water partition coefficient (Wildman–Crippen LogP) is -0.189. The quantitative estimate of drug-likeness (QED) is 0.667. The van der Waals surface area contributed by atoms with E-state index in [1.54, 1.807) is 25.3 Å². The van der Waals surface area contributed by atoms with E-state index in [2.05, 4.69) is 10.6 Å². The normalized spacial score (nSPS) is 20.4. The van der Waals surface area contributed by atoms with Gasteiger partial charge in [0, 0.05) is 6.54 Å². The average molecular weight is 395 g/mol. The van der Waals surface area contributed by atoms with Crippen molar-refractivity contribution in [2.45, 2.75) is 24.9 Å². The largest absolute Gasteiger partial charge is 0.497 e. The van der Waals surface area contributed by atoms with E-state index in [-0.39, 0.29) is 30.9 Å². The van der Waals surface area contributed by atoms with Crippen LogP contribution in [-0.4, -0.2) is 61.9 Å². The third-order valence-electron chi connectivity index (χ3n) is 4.85. The molecule has 9 nitrogen and oxygen atoms in total. The minimum absolute atomic E-state index is 0.0296. The molecular formula is C17H21N3O6S. The minimum Gasteiger partial charge on any atom is -0.497 e. The number of ether oxygens (including phenoxy) is 1. The highest BCUT2D eigenvalue weighted by Crippen LogP contribution is 2.30. The van der Waals surface area contributed by atoms with Crippen molar-refractivity contribution in [3.8, 4) is 5.75 Å². The fourth-order valence-electron chi connectivity index (χ4n) is 3.23. The van der Waals surface area contributed by atoms with Crippen molar-refractivity contribution in [2.75, 3.05) is 25.2 Å². The second-order valence-corrected chi connectivity index (χ2v) is 8.99. The third kappa shape index (κ3) is 4.05. The van der Waals surface area contributed by atoms with E-state index in [1.807, 2.05) is 6.07 Å². The van der Waals surface area contributed by atoms with Crippen LogP contribution < -0.4 is 15.4 Å². The smallest absolute Gasteiger partial charge is 0.325 e. The van der Waals surface area contributed by atoms with Crippen LogP contribution in [0.25, 0.3) is 0 Å². The number of methoxy groups -OCH3 is 1. The lowest BCUT2D eigenvalue weighted by molar-refractivity contribution is -0.135. The number of urea groups is 1. The van der Waals surface area contributed by atoms with Crippen LogP contribution in [-0.2, 0) is 26.0 Å². The molecule has 0 aromatic heterocycles. The Morgan fingerprint density at radius 2 is 2.00 bits per heavy atom. The predicted molar refractivity (Wildman–Crippen MR) is 95.7 cm³/mol. The van der Waals surface area contributed by atoms with Gasteiger partial charge in [0.05, 0.1) is 18.6 Å². The lowest BCUT2D eigenvalue weighted by atomic mass is 9.92. The third-order valence-corrected chi connectivity index (χ3v) is 6.50. The Hall–Kier alpha value is -2.62. The summed E-state index contributed by atoms with van der Waals surface area (Å²) >= 11 is 0. The van der Waals surface area contributed by atoms with Crippen LogP contribution >= 0.6 is 0 Å². The van der Waals surface area contributed by atoms with E-state index in [1.165, 1.54) is 0 Å². The van der Waals surface area contributed by atoms with E-state index < -0.39 is 39.8 Å². The molecule has 2 N–H and O–H groups in total. The van der Waals surface area contributed by atoms with Gasteiger partial charge in [-0.25, -0.2) is 13.2 Å².